The topological polar surface area (TPSA) is 55.8 Å². The van der Waals surface area contributed by atoms with Gasteiger partial charge in [-0.15, -0.1) is 0 Å². The molecule has 1 fully saturated rings. The highest BCUT2D eigenvalue weighted by Gasteiger charge is 2.30. The van der Waals surface area contributed by atoms with Crippen LogP contribution in [0.15, 0.2) is 0 Å². The zero-order valence-corrected chi connectivity index (χ0v) is 7.86. The van der Waals surface area contributed by atoms with Gasteiger partial charge in [0.2, 0.25) is 0 Å². The lowest BCUT2D eigenvalue weighted by Gasteiger charge is -2.13. The molecule has 0 radical (unpaired) electrons. The van der Waals surface area contributed by atoms with Crippen LogP contribution in [-0.4, -0.2) is 30.1 Å². The number of aliphatic hydroxyl groups is 1. The molecule has 0 aromatic carbocycles. The maximum atomic E-state index is 10.5. The van der Waals surface area contributed by atoms with Crippen molar-refractivity contribution in [2.45, 2.75) is 44.8 Å². The van der Waals surface area contributed by atoms with Crippen molar-refractivity contribution in [3.05, 3.63) is 0 Å². The molecule has 0 aliphatic carbocycles. The molecule has 1 heterocycles. The van der Waals surface area contributed by atoms with Gasteiger partial charge in [-0.05, 0) is 6.42 Å². The minimum atomic E-state index is -0.667. The van der Waals surface area contributed by atoms with Gasteiger partial charge in [-0.25, -0.2) is 4.79 Å². The van der Waals surface area contributed by atoms with Crippen molar-refractivity contribution in [3.8, 4) is 0 Å². The predicted molar refractivity (Wildman–Crippen MR) is 46.4 cm³/mol. The second-order valence-corrected chi connectivity index (χ2v) is 3.28. The fourth-order valence-corrected chi connectivity index (χ4v) is 1.32. The van der Waals surface area contributed by atoms with E-state index in [1.165, 1.54) is 0 Å². The summed E-state index contributed by atoms with van der Waals surface area (Å²) in [5.41, 5.74) is 0. The first-order chi connectivity index (χ1) is 6.24. The Kier molecular flexibility index (Phi) is 4.02. The fourth-order valence-electron chi connectivity index (χ4n) is 1.32. The Labute approximate surface area is 77.8 Å². The SMILES string of the molecule is CCCCC[C@H](O)[C@H]1COC(=O)O1. The molecule has 1 aliphatic rings. The second-order valence-electron chi connectivity index (χ2n) is 3.28. The van der Waals surface area contributed by atoms with Gasteiger partial charge < -0.3 is 14.6 Å². The summed E-state index contributed by atoms with van der Waals surface area (Å²) in [6.07, 6.45) is 2.16. The lowest BCUT2D eigenvalue weighted by molar-refractivity contribution is 0.0266. The van der Waals surface area contributed by atoms with E-state index >= 15 is 0 Å². The first-order valence-electron chi connectivity index (χ1n) is 4.75. The third kappa shape index (κ3) is 3.22. The summed E-state index contributed by atoms with van der Waals surface area (Å²) in [7, 11) is 0. The molecule has 0 aromatic rings. The Hall–Kier alpha value is -0.770. The third-order valence-electron chi connectivity index (χ3n) is 2.15. The van der Waals surface area contributed by atoms with Crippen LogP contribution in [0.1, 0.15) is 32.6 Å². The molecular formula is C9H16O4. The normalized spacial score (nSPS) is 23.8. The number of hydrogen-bond acceptors (Lipinski definition) is 4. The Bertz CT molecular complexity index is 169. The van der Waals surface area contributed by atoms with Gasteiger partial charge in [0, 0.05) is 0 Å². The van der Waals surface area contributed by atoms with E-state index in [2.05, 4.69) is 11.7 Å². The van der Waals surface area contributed by atoms with E-state index in [1.54, 1.807) is 0 Å². The van der Waals surface area contributed by atoms with Gasteiger partial charge in [0.05, 0.1) is 6.10 Å². The van der Waals surface area contributed by atoms with Crippen LogP contribution in [0.2, 0.25) is 0 Å². The van der Waals surface area contributed by atoms with Crippen molar-refractivity contribution >= 4 is 6.16 Å². The molecule has 0 aromatic heterocycles. The van der Waals surface area contributed by atoms with Gasteiger partial charge in [-0.1, -0.05) is 26.2 Å². The Morgan fingerprint density at radius 3 is 2.92 bits per heavy atom. The molecule has 4 heteroatoms. The maximum Gasteiger partial charge on any atom is 0.508 e. The Morgan fingerprint density at radius 1 is 1.62 bits per heavy atom. The van der Waals surface area contributed by atoms with Crippen molar-refractivity contribution in [3.63, 3.8) is 0 Å². The number of rotatable bonds is 5. The van der Waals surface area contributed by atoms with Crippen molar-refractivity contribution in [1.82, 2.24) is 0 Å². The molecule has 1 aliphatic heterocycles. The molecule has 1 saturated heterocycles. The molecule has 76 valence electrons. The lowest BCUT2D eigenvalue weighted by atomic mass is 10.1. The summed E-state index contributed by atoms with van der Waals surface area (Å²) in [5.74, 6) is 0. The second kappa shape index (κ2) is 5.07. The zero-order chi connectivity index (χ0) is 9.68. The van der Waals surface area contributed by atoms with Crippen LogP contribution in [-0.2, 0) is 9.47 Å². The monoisotopic (exact) mass is 188 g/mol. The number of ether oxygens (including phenoxy) is 2. The summed E-state index contributed by atoms with van der Waals surface area (Å²) in [6.45, 7) is 2.29. The molecule has 0 unspecified atom stereocenters. The highest BCUT2D eigenvalue weighted by Crippen LogP contribution is 2.15. The highest BCUT2D eigenvalue weighted by molar-refractivity contribution is 5.61. The molecule has 0 bridgehead atoms. The number of carbonyl (C=O) groups is 1. The average molecular weight is 188 g/mol. The van der Waals surface area contributed by atoms with Gasteiger partial charge in [-0.3, -0.25) is 0 Å². The van der Waals surface area contributed by atoms with E-state index in [9.17, 15) is 9.90 Å². The standard InChI is InChI=1S/C9H16O4/c1-2-3-4-5-7(10)8-6-12-9(11)13-8/h7-8,10H,2-6H2,1H3/t7-,8+/m0/s1. The van der Waals surface area contributed by atoms with Crippen LogP contribution in [0.4, 0.5) is 4.79 Å². The average Bonchev–Trinajstić information content (AvgIpc) is 2.52. The molecule has 13 heavy (non-hydrogen) atoms. The van der Waals surface area contributed by atoms with Crippen LogP contribution >= 0.6 is 0 Å². The molecular weight excluding hydrogens is 172 g/mol. The van der Waals surface area contributed by atoms with E-state index < -0.39 is 18.4 Å². The molecule has 0 saturated carbocycles. The number of unbranched alkanes of at least 4 members (excludes halogenated alkanes) is 2. The van der Waals surface area contributed by atoms with E-state index in [0.717, 1.165) is 19.3 Å². The van der Waals surface area contributed by atoms with Gasteiger partial charge in [0.25, 0.3) is 0 Å². The van der Waals surface area contributed by atoms with Crippen LogP contribution in [0.5, 0.6) is 0 Å². The summed E-state index contributed by atoms with van der Waals surface area (Å²) >= 11 is 0. The quantitative estimate of drug-likeness (QED) is 0.524. The largest absolute Gasteiger partial charge is 0.508 e. The number of carbonyl (C=O) groups excluding carboxylic acids is 1. The van der Waals surface area contributed by atoms with Gasteiger partial charge in [-0.2, -0.15) is 0 Å². The number of cyclic esters (lactones) is 2. The van der Waals surface area contributed by atoms with Crippen molar-refractivity contribution in [2.24, 2.45) is 0 Å². The summed E-state index contributed by atoms with van der Waals surface area (Å²) in [6, 6.07) is 0. The lowest BCUT2D eigenvalue weighted by Crippen LogP contribution is -2.27. The van der Waals surface area contributed by atoms with Crippen LogP contribution in [0.3, 0.4) is 0 Å². The van der Waals surface area contributed by atoms with Gasteiger partial charge >= 0.3 is 6.16 Å². The molecule has 0 spiro atoms. The van der Waals surface area contributed by atoms with E-state index in [1.807, 2.05) is 0 Å². The maximum absolute atomic E-state index is 10.5. The van der Waals surface area contributed by atoms with E-state index in [4.69, 9.17) is 4.74 Å². The van der Waals surface area contributed by atoms with Gasteiger partial charge in [0.15, 0.2) is 6.10 Å². The summed E-state index contributed by atoms with van der Waals surface area (Å²) < 4.78 is 9.31. The molecule has 1 N–H and O–H groups in total. The smallest absolute Gasteiger partial charge is 0.430 e. The van der Waals surface area contributed by atoms with Crippen molar-refractivity contribution in [2.75, 3.05) is 6.61 Å². The summed E-state index contributed by atoms with van der Waals surface area (Å²) in [5, 5.41) is 9.54. The van der Waals surface area contributed by atoms with E-state index in [0.29, 0.717) is 6.42 Å². The highest BCUT2D eigenvalue weighted by atomic mass is 16.8. The summed E-state index contributed by atoms with van der Waals surface area (Å²) in [4.78, 5) is 10.5. The molecule has 2 atom stereocenters. The number of hydrogen-bond donors (Lipinski definition) is 1. The first-order valence-corrected chi connectivity index (χ1v) is 4.75. The first kappa shape index (κ1) is 10.3. The molecule has 4 nitrogen and oxygen atoms in total. The van der Waals surface area contributed by atoms with Gasteiger partial charge in [0.1, 0.15) is 6.61 Å². The van der Waals surface area contributed by atoms with E-state index in [-0.39, 0.29) is 6.61 Å². The van der Waals surface area contributed by atoms with Crippen molar-refractivity contribution < 1.29 is 19.4 Å². The Balaban J connectivity index is 2.15. The Morgan fingerprint density at radius 2 is 2.38 bits per heavy atom. The fraction of sp³-hybridized carbons (Fsp3) is 0.889. The van der Waals surface area contributed by atoms with Crippen LogP contribution in [0.25, 0.3) is 0 Å². The molecule has 1 rings (SSSR count). The third-order valence-corrected chi connectivity index (χ3v) is 2.15. The van der Waals surface area contributed by atoms with Crippen LogP contribution < -0.4 is 0 Å². The van der Waals surface area contributed by atoms with Crippen LogP contribution in [0, 0.1) is 0 Å². The van der Waals surface area contributed by atoms with Crippen molar-refractivity contribution in [1.29, 1.82) is 0 Å². The number of aliphatic hydroxyl groups excluding tert-OH is 1. The predicted octanol–water partition coefficient (Wildman–Crippen LogP) is 1.46. The molecule has 0 amide bonds. The zero-order valence-electron chi connectivity index (χ0n) is 7.86. The minimum absolute atomic E-state index is 0.187. The minimum Gasteiger partial charge on any atom is -0.430 e.